The van der Waals surface area contributed by atoms with Crippen LogP contribution in [-0.2, 0) is 6.54 Å². The smallest absolute Gasteiger partial charge is 0.125 e. The van der Waals surface area contributed by atoms with Crippen LogP contribution in [0, 0.1) is 5.82 Å². The average Bonchev–Trinajstić information content (AvgIpc) is 1.99. The van der Waals surface area contributed by atoms with Crippen molar-refractivity contribution in [2.24, 2.45) is 0 Å². The van der Waals surface area contributed by atoms with Gasteiger partial charge < -0.3 is 5.32 Å². The third kappa shape index (κ3) is 4.46. The maximum atomic E-state index is 12.7. The van der Waals surface area contributed by atoms with Gasteiger partial charge in [0.1, 0.15) is 5.82 Å². The van der Waals surface area contributed by atoms with Crippen molar-refractivity contribution in [1.29, 1.82) is 0 Å². The molecule has 0 unspecified atom stereocenters. The van der Waals surface area contributed by atoms with Crippen molar-refractivity contribution in [2.75, 3.05) is 6.54 Å². The molecule has 1 N–H and O–H groups in total. The zero-order valence-corrected chi connectivity index (χ0v) is 8.88. The fourth-order valence-corrected chi connectivity index (χ4v) is 1.23. The molecule has 0 saturated carbocycles. The first-order valence-corrected chi connectivity index (χ1v) is 4.26. The number of hydrogen-bond donors (Lipinski definition) is 1. The molecule has 0 saturated heterocycles. The number of hydrogen-bond acceptors (Lipinski definition) is 1. The minimum Gasteiger partial charge on any atom is -0.313 e. The number of rotatable bonds is 3. The zero-order valence-electron chi connectivity index (χ0n) is 7.31. The Labute approximate surface area is 88.7 Å². The van der Waals surface area contributed by atoms with Gasteiger partial charge in [-0.05, 0) is 30.3 Å². The standard InChI is InChI=1S/C9H11ClFN.ClH/c1-2-12-6-7-3-8(10)5-9(11)4-7;/h3-5,12H,2,6H2,1H3;1H. The van der Waals surface area contributed by atoms with Gasteiger partial charge in [-0.15, -0.1) is 12.4 Å². The highest BCUT2D eigenvalue weighted by atomic mass is 35.5. The van der Waals surface area contributed by atoms with Crippen LogP contribution >= 0.6 is 24.0 Å². The van der Waals surface area contributed by atoms with E-state index in [2.05, 4.69) is 5.32 Å². The van der Waals surface area contributed by atoms with Gasteiger partial charge >= 0.3 is 0 Å². The minimum absolute atomic E-state index is 0. The first kappa shape index (κ1) is 12.7. The predicted octanol–water partition coefficient (Wildman–Crippen LogP) is 3.01. The molecule has 0 atom stereocenters. The fraction of sp³-hybridized carbons (Fsp3) is 0.333. The van der Waals surface area contributed by atoms with Crippen LogP contribution in [0.1, 0.15) is 12.5 Å². The highest BCUT2D eigenvalue weighted by molar-refractivity contribution is 6.30. The summed E-state index contributed by atoms with van der Waals surface area (Å²) in [6.45, 7) is 3.53. The molecule has 0 bridgehead atoms. The van der Waals surface area contributed by atoms with E-state index in [4.69, 9.17) is 11.6 Å². The molecule has 1 aromatic carbocycles. The largest absolute Gasteiger partial charge is 0.313 e. The first-order valence-electron chi connectivity index (χ1n) is 3.88. The quantitative estimate of drug-likeness (QED) is 0.832. The lowest BCUT2D eigenvalue weighted by molar-refractivity contribution is 0.622. The molecule has 74 valence electrons. The molecule has 0 aliphatic rings. The summed E-state index contributed by atoms with van der Waals surface area (Å²) in [6.07, 6.45) is 0. The second kappa shape index (κ2) is 6.19. The van der Waals surface area contributed by atoms with E-state index in [1.807, 2.05) is 6.92 Å². The molecule has 1 aromatic rings. The Hall–Kier alpha value is -0.310. The highest BCUT2D eigenvalue weighted by Crippen LogP contribution is 2.13. The molecular formula is C9H12Cl2FN. The minimum atomic E-state index is -0.282. The van der Waals surface area contributed by atoms with Gasteiger partial charge in [-0.2, -0.15) is 0 Å². The summed E-state index contributed by atoms with van der Waals surface area (Å²) in [5.74, 6) is -0.282. The van der Waals surface area contributed by atoms with Gasteiger partial charge in [0.2, 0.25) is 0 Å². The van der Waals surface area contributed by atoms with Crippen molar-refractivity contribution < 1.29 is 4.39 Å². The maximum Gasteiger partial charge on any atom is 0.125 e. The molecule has 0 fully saturated rings. The molecule has 1 rings (SSSR count). The van der Waals surface area contributed by atoms with E-state index < -0.39 is 0 Å². The topological polar surface area (TPSA) is 12.0 Å². The Morgan fingerprint density at radius 2 is 2.08 bits per heavy atom. The van der Waals surface area contributed by atoms with Gasteiger partial charge in [0.05, 0.1) is 0 Å². The molecular weight excluding hydrogens is 212 g/mol. The lowest BCUT2D eigenvalue weighted by atomic mass is 10.2. The third-order valence-electron chi connectivity index (χ3n) is 1.50. The molecule has 0 spiro atoms. The van der Waals surface area contributed by atoms with E-state index in [1.165, 1.54) is 12.1 Å². The summed E-state index contributed by atoms with van der Waals surface area (Å²) in [4.78, 5) is 0. The average molecular weight is 224 g/mol. The summed E-state index contributed by atoms with van der Waals surface area (Å²) in [5, 5.41) is 3.54. The molecule has 1 nitrogen and oxygen atoms in total. The number of nitrogens with one attached hydrogen (secondary N) is 1. The Morgan fingerprint density at radius 3 is 2.62 bits per heavy atom. The summed E-state index contributed by atoms with van der Waals surface area (Å²) in [6, 6.07) is 4.54. The predicted molar refractivity (Wildman–Crippen MR) is 56.0 cm³/mol. The van der Waals surface area contributed by atoms with Crippen LogP contribution < -0.4 is 5.32 Å². The van der Waals surface area contributed by atoms with Crippen molar-refractivity contribution in [2.45, 2.75) is 13.5 Å². The molecule has 0 amide bonds. The van der Waals surface area contributed by atoms with Crippen molar-refractivity contribution in [1.82, 2.24) is 5.32 Å². The van der Waals surface area contributed by atoms with E-state index >= 15 is 0 Å². The van der Waals surface area contributed by atoms with Crippen LogP contribution in [0.2, 0.25) is 5.02 Å². The van der Waals surface area contributed by atoms with E-state index in [-0.39, 0.29) is 18.2 Å². The zero-order chi connectivity index (χ0) is 8.97. The summed E-state index contributed by atoms with van der Waals surface area (Å²) >= 11 is 5.66. The Morgan fingerprint density at radius 1 is 1.38 bits per heavy atom. The van der Waals surface area contributed by atoms with Crippen molar-refractivity contribution in [3.8, 4) is 0 Å². The summed E-state index contributed by atoms with van der Waals surface area (Å²) in [5.41, 5.74) is 0.877. The molecule has 4 heteroatoms. The summed E-state index contributed by atoms with van der Waals surface area (Å²) < 4.78 is 12.7. The van der Waals surface area contributed by atoms with E-state index in [0.717, 1.165) is 12.1 Å². The monoisotopic (exact) mass is 223 g/mol. The van der Waals surface area contributed by atoms with Crippen molar-refractivity contribution >= 4 is 24.0 Å². The van der Waals surface area contributed by atoms with Crippen molar-refractivity contribution in [3.05, 3.63) is 34.6 Å². The van der Waals surface area contributed by atoms with Crippen LogP contribution in [0.25, 0.3) is 0 Å². The van der Waals surface area contributed by atoms with Gasteiger partial charge in [-0.3, -0.25) is 0 Å². The number of benzene rings is 1. The SMILES string of the molecule is CCNCc1cc(F)cc(Cl)c1.Cl. The second-order valence-electron chi connectivity index (χ2n) is 2.56. The summed E-state index contributed by atoms with van der Waals surface area (Å²) in [7, 11) is 0. The van der Waals surface area contributed by atoms with Gasteiger partial charge in [-0.1, -0.05) is 18.5 Å². The Bertz CT molecular complexity index is 246. The first-order chi connectivity index (χ1) is 5.72. The molecule has 0 aliphatic carbocycles. The van der Waals surface area contributed by atoms with Gasteiger partial charge in [0, 0.05) is 11.6 Å². The van der Waals surface area contributed by atoms with Crippen LogP contribution in [-0.4, -0.2) is 6.54 Å². The third-order valence-corrected chi connectivity index (χ3v) is 1.72. The molecule has 13 heavy (non-hydrogen) atoms. The van der Waals surface area contributed by atoms with Gasteiger partial charge in [0.15, 0.2) is 0 Å². The van der Waals surface area contributed by atoms with E-state index in [0.29, 0.717) is 11.6 Å². The van der Waals surface area contributed by atoms with E-state index in [9.17, 15) is 4.39 Å². The maximum absolute atomic E-state index is 12.7. The lowest BCUT2D eigenvalue weighted by Crippen LogP contribution is -2.11. The second-order valence-corrected chi connectivity index (χ2v) is 2.99. The lowest BCUT2D eigenvalue weighted by Gasteiger charge is -2.02. The fourth-order valence-electron chi connectivity index (χ4n) is 0.982. The Balaban J connectivity index is 0.00000144. The normalized spacial score (nSPS) is 9.46. The van der Waals surface area contributed by atoms with Gasteiger partial charge in [-0.25, -0.2) is 4.39 Å². The highest BCUT2D eigenvalue weighted by Gasteiger charge is 1.97. The molecule has 0 radical (unpaired) electrons. The molecule has 0 aliphatic heterocycles. The molecule has 0 aromatic heterocycles. The van der Waals surface area contributed by atoms with Gasteiger partial charge in [0.25, 0.3) is 0 Å². The van der Waals surface area contributed by atoms with Crippen LogP contribution in [0.3, 0.4) is 0 Å². The van der Waals surface area contributed by atoms with E-state index in [1.54, 1.807) is 6.07 Å². The van der Waals surface area contributed by atoms with Crippen LogP contribution in [0.15, 0.2) is 18.2 Å². The van der Waals surface area contributed by atoms with Crippen LogP contribution in [0.5, 0.6) is 0 Å². The molecule has 0 heterocycles. The van der Waals surface area contributed by atoms with Crippen LogP contribution in [0.4, 0.5) is 4.39 Å². The van der Waals surface area contributed by atoms with Crippen molar-refractivity contribution in [3.63, 3.8) is 0 Å². The number of halogens is 3. The Kier molecular flexibility index (Phi) is 6.04.